The smallest absolute Gasteiger partial charge is 0.227 e. The van der Waals surface area contributed by atoms with E-state index in [9.17, 15) is 9.18 Å². The molecule has 6 nitrogen and oxygen atoms in total. The highest BCUT2D eigenvalue weighted by atomic mass is 19.1. The van der Waals surface area contributed by atoms with Gasteiger partial charge in [0.25, 0.3) is 0 Å². The Kier molecular flexibility index (Phi) is 7.09. The van der Waals surface area contributed by atoms with Crippen LogP contribution in [-0.4, -0.2) is 22.7 Å². The fraction of sp³-hybridized carbons (Fsp3) is 0.192. The lowest BCUT2D eigenvalue weighted by Gasteiger charge is -2.20. The fourth-order valence-electron chi connectivity index (χ4n) is 3.45. The number of rotatable bonds is 9. The number of carbonyl (C=O) groups is 1. The first-order valence-electron chi connectivity index (χ1n) is 10.8. The van der Waals surface area contributed by atoms with Crippen LogP contribution >= 0.6 is 0 Å². The molecule has 0 aliphatic carbocycles. The zero-order chi connectivity index (χ0) is 23.0. The Labute approximate surface area is 191 Å². The molecule has 0 radical (unpaired) electrons. The molecular weight excluding hydrogens is 421 g/mol. The molecule has 33 heavy (non-hydrogen) atoms. The molecule has 1 amide bonds. The SMILES string of the molecule is CCOc1ccc(-c2noc(CCC(=O)NC(c3ccccc3)c3ccc(F)cc3)n2)cc1. The van der Waals surface area contributed by atoms with Crippen LogP contribution in [0.25, 0.3) is 11.4 Å². The number of nitrogens with one attached hydrogen (secondary N) is 1. The number of hydrogen-bond acceptors (Lipinski definition) is 5. The maximum Gasteiger partial charge on any atom is 0.227 e. The Balaban J connectivity index is 1.40. The molecule has 0 saturated heterocycles. The molecule has 168 valence electrons. The Morgan fingerprint density at radius 1 is 1.00 bits per heavy atom. The summed E-state index contributed by atoms with van der Waals surface area (Å²) in [7, 11) is 0. The molecule has 0 bridgehead atoms. The molecule has 0 fully saturated rings. The third kappa shape index (κ3) is 5.83. The van der Waals surface area contributed by atoms with Gasteiger partial charge >= 0.3 is 0 Å². The van der Waals surface area contributed by atoms with Gasteiger partial charge in [0.15, 0.2) is 0 Å². The minimum Gasteiger partial charge on any atom is -0.494 e. The van der Waals surface area contributed by atoms with Crippen LogP contribution in [0.3, 0.4) is 0 Å². The van der Waals surface area contributed by atoms with Gasteiger partial charge in [0.2, 0.25) is 17.6 Å². The molecule has 4 rings (SSSR count). The van der Waals surface area contributed by atoms with Gasteiger partial charge in [-0.1, -0.05) is 47.6 Å². The van der Waals surface area contributed by atoms with Crippen LogP contribution in [0.4, 0.5) is 4.39 Å². The molecule has 0 aliphatic rings. The van der Waals surface area contributed by atoms with Gasteiger partial charge in [-0.05, 0) is 54.4 Å². The number of benzene rings is 3. The molecule has 1 atom stereocenters. The third-order valence-corrected chi connectivity index (χ3v) is 5.10. The number of hydrogen-bond donors (Lipinski definition) is 1. The van der Waals surface area contributed by atoms with E-state index in [0.29, 0.717) is 24.7 Å². The quantitative estimate of drug-likeness (QED) is 0.387. The van der Waals surface area contributed by atoms with Gasteiger partial charge in [-0.3, -0.25) is 4.79 Å². The summed E-state index contributed by atoms with van der Waals surface area (Å²) in [6.07, 6.45) is 0.482. The van der Waals surface area contributed by atoms with Crippen molar-refractivity contribution in [3.05, 3.63) is 102 Å². The molecule has 0 saturated carbocycles. The molecular formula is C26H24FN3O3. The van der Waals surface area contributed by atoms with Crippen LogP contribution < -0.4 is 10.1 Å². The Morgan fingerprint density at radius 3 is 2.39 bits per heavy atom. The second-order valence-corrected chi connectivity index (χ2v) is 7.43. The fourth-order valence-corrected chi connectivity index (χ4v) is 3.45. The zero-order valence-corrected chi connectivity index (χ0v) is 18.2. The lowest BCUT2D eigenvalue weighted by Crippen LogP contribution is -2.29. The minimum atomic E-state index is -0.388. The van der Waals surface area contributed by atoms with Gasteiger partial charge in [0.05, 0.1) is 12.6 Å². The van der Waals surface area contributed by atoms with Gasteiger partial charge in [0.1, 0.15) is 11.6 Å². The van der Waals surface area contributed by atoms with Crippen molar-refractivity contribution < 1.29 is 18.4 Å². The molecule has 1 unspecified atom stereocenters. The predicted octanol–water partition coefficient (Wildman–Crippen LogP) is 5.11. The van der Waals surface area contributed by atoms with E-state index in [1.807, 2.05) is 61.5 Å². The number of ether oxygens (including phenoxy) is 1. The maximum atomic E-state index is 13.4. The monoisotopic (exact) mass is 445 g/mol. The van der Waals surface area contributed by atoms with Gasteiger partial charge in [-0.25, -0.2) is 4.39 Å². The average Bonchev–Trinajstić information content (AvgIpc) is 3.32. The summed E-state index contributed by atoms with van der Waals surface area (Å²) < 4.78 is 24.1. The summed E-state index contributed by atoms with van der Waals surface area (Å²) in [5.41, 5.74) is 2.51. The van der Waals surface area contributed by atoms with Crippen molar-refractivity contribution in [2.24, 2.45) is 0 Å². The highest BCUT2D eigenvalue weighted by Crippen LogP contribution is 2.23. The maximum absolute atomic E-state index is 13.4. The molecule has 1 heterocycles. The topological polar surface area (TPSA) is 77.2 Å². The highest BCUT2D eigenvalue weighted by Gasteiger charge is 2.18. The van der Waals surface area contributed by atoms with E-state index >= 15 is 0 Å². The van der Waals surface area contributed by atoms with E-state index in [0.717, 1.165) is 22.4 Å². The van der Waals surface area contributed by atoms with Crippen molar-refractivity contribution in [3.8, 4) is 17.1 Å². The van der Waals surface area contributed by atoms with Crippen LogP contribution in [-0.2, 0) is 11.2 Å². The Morgan fingerprint density at radius 2 is 1.70 bits per heavy atom. The molecule has 1 N–H and O–H groups in total. The standard InChI is InChI=1S/C26H24FN3O3/c1-2-32-22-14-10-20(11-15-22)26-29-24(33-30-26)17-16-23(31)28-25(18-6-4-3-5-7-18)19-8-12-21(27)13-9-19/h3-15,25H,2,16-17H2,1H3,(H,28,31). The summed E-state index contributed by atoms with van der Waals surface area (Å²) in [6, 6.07) is 22.7. The van der Waals surface area contributed by atoms with Crippen LogP contribution in [0.2, 0.25) is 0 Å². The lowest BCUT2D eigenvalue weighted by atomic mass is 9.98. The molecule has 0 spiro atoms. The van der Waals surface area contributed by atoms with E-state index in [2.05, 4.69) is 15.5 Å². The van der Waals surface area contributed by atoms with Crippen molar-refractivity contribution >= 4 is 5.91 Å². The van der Waals surface area contributed by atoms with Gasteiger partial charge in [0, 0.05) is 18.4 Å². The number of aryl methyl sites for hydroxylation is 1. The molecule has 3 aromatic carbocycles. The summed E-state index contributed by atoms with van der Waals surface area (Å²) in [4.78, 5) is 17.1. The number of amides is 1. The molecule has 0 aliphatic heterocycles. The largest absolute Gasteiger partial charge is 0.494 e. The zero-order valence-electron chi connectivity index (χ0n) is 18.2. The number of nitrogens with zero attached hydrogens (tertiary/aromatic N) is 2. The highest BCUT2D eigenvalue weighted by molar-refractivity contribution is 5.77. The van der Waals surface area contributed by atoms with E-state index in [1.54, 1.807) is 12.1 Å². The first-order chi connectivity index (χ1) is 16.1. The van der Waals surface area contributed by atoms with Crippen LogP contribution in [0.1, 0.15) is 36.4 Å². The normalized spacial score (nSPS) is 11.7. The number of aromatic nitrogens is 2. The van der Waals surface area contributed by atoms with Gasteiger partial charge < -0.3 is 14.6 Å². The van der Waals surface area contributed by atoms with Gasteiger partial charge in [-0.2, -0.15) is 4.98 Å². The lowest BCUT2D eigenvalue weighted by molar-refractivity contribution is -0.121. The Bertz CT molecular complexity index is 1180. The van der Waals surface area contributed by atoms with Crippen molar-refractivity contribution in [1.82, 2.24) is 15.5 Å². The van der Waals surface area contributed by atoms with E-state index < -0.39 is 0 Å². The first-order valence-corrected chi connectivity index (χ1v) is 10.8. The van der Waals surface area contributed by atoms with E-state index in [4.69, 9.17) is 9.26 Å². The van der Waals surface area contributed by atoms with Crippen LogP contribution in [0, 0.1) is 5.82 Å². The second-order valence-electron chi connectivity index (χ2n) is 7.43. The van der Waals surface area contributed by atoms with Crippen molar-refractivity contribution in [1.29, 1.82) is 0 Å². The van der Waals surface area contributed by atoms with Crippen molar-refractivity contribution in [2.45, 2.75) is 25.8 Å². The third-order valence-electron chi connectivity index (χ3n) is 5.10. The summed E-state index contributed by atoms with van der Waals surface area (Å²) in [5, 5.41) is 7.04. The van der Waals surface area contributed by atoms with Crippen LogP contribution in [0.5, 0.6) is 5.75 Å². The first kappa shape index (κ1) is 22.2. The van der Waals surface area contributed by atoms with E-state index in [1.165, 1.54) is 12.1 Å². The predicted molar refractivity (Wildman–Crippen MR) is 122 cm³/mol. The summed E-state index contributed by atoms with van der Waals surface area (Å²) in [5.74, 6) is 1.12. The summed E-state index contributed by atoms with van der Waals surface area (Å²) >= 11 is 0. The van der Waals surface area contributed by atoms with E-state index in [-0.39, 0.29) is 24.2 Å². The van der Waals surface area contributed by atoms with Gasteiger partial charge in [-0.15, -0.1) is 0 Å². The number of carbonyl (C=O) groups excluding carboxylic acids is 1. The number of halogens is 1. The Hall–Kier alpha value is -4.00. The molecule has 1 aromatic heterocycles. The average molecular weight is 445 g/mol. The van der Waals surface area contributed by atoms with Crippen molar-refractivity contribution in [2.75, 3.05) is 6.61 Å². The van der Waals surface area contributed by atoms with Crippen molar-refractivity contribution in [3.63, 3.8) is 0 Å². The van der Waals surface area contributed by atoms with Crippen LogP contribution in [0.15, 0.2) is 83.4 Å². The second kappa shape index (κ2) is 10.5. The summed E-state index contributed by atoms with van der Waals surface area (Å²) in [6.45, 7) is 2.53. The minimum absolute atomic E-state index is 0.172. The molecule has 7 heteroatoms. The molecule has 4 aromatic rings.